The fourth-order valence-corrected chi connectivity index (χ4v) is 1.47. The Morgan fingerprint density at radius 1 is 1.24 bits per heavy atom. The van der Waals surface area contributed by atoms with E-state index in [9.17, 15) is 4.79 Å². The van der Waals surface area contributed by atoms with Crippen molar-refractivity contribution in [2.75, 3.05) is 5.32 Å². The molecule has 0 saturated heterocycles. The molecule has 0 bridgehead atoms. The van der Waals surface area contributed by atoms with Crippen LogP contribution in [0.2, 0.25) is 0 Å². The number of aryl methyl sites for hydroxylation is 1. The number of rotatable bonds is 3. The van der Waals surface area contributed by atoms with Crippen LogP contribution in [0.5, 0.6) is 0 Å². The van der Waals surface area contributed by atoms with Crippen LogP contribution in [0.1, 0.15) is 21.9 Å². The normalized spacial score (nSPS) is 10.2. The second kappa shape index (κ2) is 4.84. The topological polar surface area (TPSA) is 68.3 Å². The maximum Gasteiger partial charge on any atom is 0.291 e. The van der Waals surface area contributed by atoms with Crippen LogP contribution in [0.15, 0.2) is 40.8 Å². The molecule has 4 nitrogen and oxygen atoms in total. The molecule has 0 aliphatic heterocycles. The van der Waals surface area contributed by atoms with Gasteiger partial charge in [-0.05, 0) is 36.8 Å². The molecule has 0 aliphatic carbocycles. The second-order valence-electron chi connectivity index (χ2n) is 3.77. The molecule has 2 aromatic rings. The lowest BCUT2D eigenvalue weighted by atomic mass is 10.2. The van der Waals surface area contributed by atoms with Gasteiger partial charge in [0.15, 0.2) is 5.76 Å². The SMILES string of the molecule is Cc1ccc(C(=O)Nc2ccc(CN)cc2)o1. The second-order valence-corrected chi connectivity index (χ2v) is 3.77. The number of hydrogen-bond acceptors (Lipinski definition) is 3. The molecule has 0 unspecified atom stereocenters. The van der Waals surface area contributed by atoms with E-state index in [4.69, 9.17) is 10.2 Å². The first-order valence-corrected chi connectivity index (χ1v) is 5.36. The molecule has 0 atom stereocenters. The Morgan fingerprint density at radius 2 is 1.94 bits per heavy atom. The van der Waals surface area contributed by atoms with E-state index in [2.05, 4.69) is 5.32 Å². The Balaban J connectivity index is 2.07. The molecule has 88 valence electrons. The Morgan fingerprint density at radius 3 is 2.47 bits per heavy atom. The number of hydrogen-bond donors (Lipinski definition) is 2. The van der Waals surface area contributed by atoms with E-state index in [-0.39, 0.29) is 5.91 Å². The molecule has 1 aromatic carbocycles. The minimum atomic E-state index is -0.251. The first-order valence-electron chi connectivity index (χ1n) is 5.36. The van der Waals surface area contributed by atoms with Crippen molar-refractivity contribution in [2.24, 2.45) is 5.73 Å². The van der Waals surface area contributed by atoms with Crippen LogP contribution in [0.25, 0.3) is 0 Å². The molecular formula is C13H14N2O2. The average Bonchev–Trinajstić information content (AvgIpc) is 2.77. The minimum absolute atomic E-state index is 0.251. The Hall–Kier alpha value is -2.07. The molecule has 1 amide bonds. The fraction of sp³-hybridized carbons (Fsp3) is 0.154. The van der Waals surface area contributed by atoms with Gasteiger partial charge in [-0.25, -0.2) is 0 Å². The van der Waals surface area contributed by atoms with E-state index in [0.29, 0.717) is 18.1 Å². The van der Waals surface area contributed by atoms with Crippen molar-refractivity contribution in [3.8, 4) is 0 Å². The van der Waals surface area contributed by atoms with Gasteiger partial charge in [-0.1, -0.05) is 12.1 Å². The summed E-state index contributed by atoms with van der Waals surface area (Å²) in [5.74, 6) is 0.776. The van der Waals surface area contributed by atoms with Crippen LogP contribution < -0.4 is 11.1 Å². The predicted octanol–water partition coefficient (Wildman–Crippen LogP) is 2.30. The molecule has 3 N–H and O–H groups in total. The van der Waals surface area contributed by atoms with Gasteiger partial charge in [0, 0.05) is 12.2 Å². The average molecular weight is 230 g/mol. The molecule has 0 fully saturated rings. The number of nitrogens with two attached hydrogens (primary N) is 1. The zero-order valence-electron chi connectivity index (χ0n) is 9.57. The summed E-state index contributed by atoms with van der Waals surface area (Å²) in [6.45, 7) is 2.29. The molecule has 17 heavy (non-hydrogen) atoms. The number of benzene rings is 1. The Kier molecular flexibility index (Phi) is 3.25. The molecule has 1 heterocycles. The lowest BCUT2D eigenvalue weighted by Crippen LogP contribution is -2.10. The molecule has 1 aromatic heterocycles. The van der Waals surface area contributed by atoms with Crippen molar-refractivity contribution in [3.63, 3.8) is 0 Å². The quantitative estimate of drug-likeness (QED) is 0.850. The Labute approximate surface area is 99.4 Å². The molecule has 0 radical (unpaired) electrons. The van der Waals surface area contributed by atoms with Crippen LogP contribution in [0.4, 0.5) is 5.69 Å². The molecule has 0 aliphatic rings. The van der Waals surface area contributed by atoms with Crippen molar-refractivity contribution in [3.05, 3.63) is 53.5 Å². The van der Waals surface area contributed by atoms with E-state index in [0.717, 1.165) is 11.3 Å². The van der Waals surface area contributed by atoms with Crippen LogP contribution in [0, 0.1) is 6.92 Å². The van der Waals surface area contributed by atoms with Crippen molar-refractivity contribution < 1.29 is 9.21 Å². The third-order valence-electron chi connectivity index (χ3n) is 2.41. The summed E-state index contributed by atoms with van der Waals surface area (Å²) in [5, 5.41) is 2.75. The van der Waals surface area contributed by atoms with Crippen LogP contribution in [-0.2, 0) is 6.54 Å². The van der Waals surface area contributed by atoms with E-state index < -0.39 is 0 Å². The fourth-order valence-electron chi connectivity index (χ4n) is 1.47. The van der Waals surface area contributed by atoms with Crippen LogP contribution in [-0.4, -0.2) is 5.91 Å². The first-order chi connectivity index (χ1) is 8.19. The molecule has 2 rings (SSSR count). The summed E-state index contributed by atoms with van der Waals surface area (Å²) in [6.07, 6.45) is 0. The number of carbonyl (C=O) groups is 1. The van der Waals surface area contributed by atoms with E-state index in [1.54, 1.807) is 19.1 Å². The van der Waals surface area contributed by atoms with Gasteiger partial charge in [0.1, 0.15) is 5.76 Å². The predicted molar refractivity (Wildman–Crippen MR) is 65.7 cm³/mol. The minimum Gasteiger partial charge on any atom is -0.456 e. The third kappa shape index (κ3) is 2.73. The Bertz CT molecular complexity index is 514. The van der Waals surface area contributed by atoms with Gasteiger partial charge in [0.2, 0.25) is 0 Å². The summed E-state index contributed by atoms with van der Waals surface area (Å²) in [7, 11) is 0. The van der Waals surface area contributed by atoms with Gasteiger partial charge in [-0.15, -0.1) is 0 Å². The molecule has 0 spiro atoms. The van der Waals surface area contributed by atoms with Crippen molar-refractivity contribution in [1.82, 2.24) is 0 Å². The van der Waals surface area contributed by atoms with E-state index >= 15 is 0 Å². The molecular weight excluding hydrogens is 216 g/mol. The van der Waals surface area contributed by atoms with Crippen molar-refractivity contribution in [1.29, 1.82) is 0 Å². The number of nitrogens with one attached hydrogen (secondary N) is 1. The van der Waals surface area contributed by atoms with Gasteiger partial charge >= 0.3 is 0 Å². The van der Waals surface area contributed by atoms with Crippen LogP contribution >= 0.6 is 0 Å². The van der Waals surface area contributed by atoms with Crippen LogP contribution in [0.3, 0.4) is 0 Å². The van der Waals surface area contributed by atoms with Gasteiger partial charge in [0.05, 0.1) is 0 Å². The number of carbonyl (C=O) groups excluding carboxylic acids is 1. The highest BCUT2D eigenvalue weighted by atomic mass is 16.3. The molecule has 4 heteroatoms. The largest absolute Gasteiger partial charge is 0.456 e. The highest BCUT2D eigenvalue weighted by Crippen LogP contribution is 2.12. The zero-order valence-corrected chi connectivity index (χ0v) is 9.57. The summed E-state index contributed by atoms with van der Waals surface area (Å²) < 4.78 is 5.23. The summed E-state index contributed by atoms with van der Waals surface area (Å²) in [5.41, 5.74) is 7.24. The highest BCUT2D eigenvalue weighted by molar-refractivity contribution is 6.02. The summed E-state index contributed by atoms with van der Waals surface area (Å²) in [6, 6.07) is 10.8. The monoisotopic (exact) mass is 230 g/mol. The van der Waals surface area contributed by atoms with E-state index in [1.807, 2.05) is 24.3 Å². The van der Waals surface area contributed by atoms with Crippen molar-refractivity contribution >= 4 is 11.6 Å². The van der Waals surface area contributed by atoms with Crippen molar-refractivity contribution in [2.45, 2.75) is 13.5 Å². The first kappa shape index (κ1) is 11.4. The smallest absolute Gasteiger partial charge is 0.291 e. The van der Waals surface area contributed by atoms with Gasteiger partial charge in [-0.3, -0.25) is 4.79 Å². The zero-order chi connectivity index (χ0) is 12.3. The summed E-state index contributed by atoms with van der Waals surface area (Å²) in [4.78, 5) is 11.8. The standard InChI is InChI=1S/C13H14N2O2/c1-9-2-7-12(17-9)13(16)15-11-5-3-10(8-14)4-6-11/h2-7H,8,14H2,1H3,(H,15,16). The maximum atomic E-state index is 11.8. The number of anilines is 1. The third-order valence-corrected chi connectivity index (χ3v) is 2.41. The highest BCUT2D eigenvalue weighted by Gasteiger charge is 2.09. The lowest BCUT2D eigenvalue weighted by molar-refractivity contribution is 0.0995. The lowest BCUT2D eigenvalue weighted by Gasteiger charge is -2.03. The molecule has 0 saturated carbocycles. The van der Waals surface area contributed by atoms with E-state index in [1.165, 1.54) is 0 Å². The van der Waals surface area contributed by atoms with Gasteiger partial charge in [0.25, 0.3) is 5.91 Å². The van der Waals surface area contributed by atoms with Gasteiger partial charge < -0.3 is 15.5 Å². The maximum absolute atomic E-state index is 11.8. The number of amides is 1. The van der Waals surface area contributed by atoms with Gasteiger partial charge in [-0.2, -0.15) is 0 Å². The summed E-state index contributed by atoms with van der Waals surface area (Å²) >= 11 is 0. The number of furan rings is 1.